The van der Waals surface area contributed by atoms with Crippen molar-refractivity contribution in [1.82, 2.24) is 10.2 Å². The summed E-state index contributed by atoms with van der Waals surface area (Å²) in [6.07, 6.45) is -1.41. The van der Waals surface area contributed by atoms with Crippen LogP contribution in [0.3, 0.4) is 0 Å². The molecule has 1 aliphatic heterocycles. The quantitative estimate of drug-likeness (QED) is 0.648. The average Bonchev–Trinajstić information content (AvgIpc) is 3.25. The fraction of sp³-hybridized carbons (Fsp3) is 0.444. The minimum absolute atomic E-state index is 0.107. The Bertz CT molecular complexity index is 1100. The molecule has 2 aromatic rings. The van der Waals surface area contributed by atoms with Gasteiger partial charge in [0, 0.05) is 5.92 Å². The van der Waals surface area contributed by atoms with E-state index in [0.29, 0.717) is 0 Å². The summed E-state index contributed by atoms with van der Waals surface area (Å²) >= 11 is 0. The fourth-order valence-corrected chi connectivity index (χ4v) is 5.27. The predicted molar refractivity (Wildman–Crippen MR) is 130 cm³/mol. The van der Waals surface area contributed by atoms with Gasteiger partial charge in [0.25, 0.3) is 0 Å². The molecule has 8 nitrogen and oxygen atoms in total. The molecule has 2 aromatic carbocycles. The van der Waals surface area contributed by atoms with Crippen LogP contribution in [0.5, 0.6) is 0 Å². The highest BCUT2D eigenvalue weighted by molar-refractivity contribution is 5.90. The van der Waals surface area contributed by atoms with E-state index >= 15 is 0 Å². The smallest absolute Gasteiger partial charge is 0.407 e. The first kappa shape index (κ1) is 24.7. The Balaban J connectivity index is 1.49. The summed E-state index contributed by atoms with van der Waals surface area (Å²) in [5.41, 5.74) is 3.30. The van der Waals surface area contributed by atoms with Crippen molar-refractivity contribution in [3.8, 4) is 11.1 Å². The van der Waals surface area contributed by atoms with Gasteiger partial charge < -0.3 is 19.9 Å². The normalized spacial score (nSPS) is 21.4. The number of hydrogen-bond acceptors (Lipinski definition) is 5. The molecule has 0 saturated carbocycles. The predicted octanol–water partition coefficient (Wildman–Crippen LogP) is 3.99. The van der Waals surface area contributed by atoms with Crippen LogP contribution in [0.25, 0.3) is 11.1 Å². The summed E-state index contributed by atoms with van der Waals surface area (Å²) in [7, 11) is 0. The molecule has 1 saturated heterocycles. The van der Waals surface area contributed by atoms with Crippen LogP contribution in [0, 0.1) is 5.92 Å². The summed E-state index contributed by atoms with van der Waals surface area (Å²) in [6, 6.07) is 14.0. The zero-order valence-electron chi connectivity index (χ0n) is 20.6. The van der Waals surface area contributed by atoms with Crippen molar-refractivity contribution in [1.29, 1.82) is 0 Å². The van der Waals surface area contributed by atoms with Crippen LogP contribution in [0.15, 0.2) is 48.5 Å². The lowest BCUT2D eigenvalue weighted by Crippen LogP contribution is -2.59. The van der Waals surface area contributed by atoms with Crippen LogP contribution in [0.1, 0.15) is 51.7 Å². The zero-order chi connectivity index (χ0) is 25.5. The zero-order valence-corrected chi connectivity index (χ0v) is 20.6. The number of nitrogens with zero attached hydrogens (tertiary/aromatic N) is 1. The summed E-state index contributed by atoms with van der Waals surface area (Å²) in [6.45, 7) is 8.61. The standard InChI is InChI=1S/C27H32N2O6/c1-15(2)22(24(30)29-23(25(31)32)16(3)35-27(29,4)5)28-26(33)34-14-21-19-12-8-6-10-17(19)18-11-7-9-13-20(18)21/h6-13,15-16,21-23H,14H2,1-5H3,(H,28,33)(H,31,32)/t16-,22+,23+/m0/s1. The molecule has 186 valence electrons. The van der Waals surface area contributed by atoms with Crippen molar-refractivity contribution in [2.45, 2.75) is 64.4 Å². The highest BCUT2D eigenvalue weighted by Gasteiger charge is 2.53. The molecule has 4 rings (SSSR count). The number of amides is 2. The van der Waals surface area contributed by atoms with Crippen molar-refractivity contribution >= 4 is 18.0 Å². The third-order valence-corrected chi connectivity index (χ3v) is 6.82. The molecule has 3 atom stereocenters. The molecule has 35 heavy (non-hydrogen) atoms. The molecule has 0 bridgehead atoms. The van der Waals surface area contributed by atoms with Crippen LogP contribution in [-0.4, -0.2) is 58.5 Å². The fourth-order valence-electron chi connectivity index (χ4n) is 5.27. The number of carbonyl (C=O) groups excluding carboxylic acids is 2. The van der Waals surface area contributed by atoms with E-state index in [1.165, 1.54) is 4.90 Å². The molecule has 0 spiro atoms. The molecule has 1 aliphatic carbocycles. The van der Waals surface area contributed by atoms with Gasteiger partial charge in [-0.3, -0.25) is 9.69 Å². The van der Waals surface area contributed by atoms with E-state index in [2.05, 4.69) is 17.4 Å². The number of benzene rings is 2. The van der Waals surface area contributed by atoms with Gasteiger partial charge in [-0.2, -0.15) is 0 Å². The van der Waals surface area contributed by atoms with Gasteiger partial charge in [0.05, 0.1) is 6.10 Å². The van der Waals surface area contributed by atoms with Crippen LogP contribution in [-0.2, 0) is 19.1 Å². The molecule has 0 aromatic heterocycles. The Morgan fingerprint density at radius 3 is 2.11 bits per heavy atom. The number of carboxylic acid groups (broad SMARTS) is 1. The van der Waals surface area contributed by atoms with Gasteiger partial charge >= 0.3 is 12.1 Å². The lowest BCUT2D eigenvalue weighted by Gasteiger charge is -2.36. The SMILES string of the molecule is CC(C)[C@@H](NC(=O)OCC1c2ccccc2-c2ccccc21)C(=O)N1[C@@H](C(=O)O)[C@H](C)OC1(C)C. The van der Waals surface area contributed by atoms with E-state index in [4.69, 9.17) is 9.47 Å². The monoisotopic (exact) mass is 480 g/mol. The highest BCUT2D eigenvalue weighted by Crippen LogP contribution is 2.44. The van der Waals surface area contributed by atoms with Crippen LogP contribution < -0.4 is 5.32 Å². The third-order valence-electron chi connectivity index (χ3n) is 6.82. The van der Waals surface area contributed by atoms with E-state index in [9.17, 15) is 19.5 Å². The first-order valence-corrected chi connectivity index (χ1v) is 11.9. The summed E-state index contributed by atoms with van der Waals surface area (Å²) in [4.78, 5) is 39.5. The number of ether oxygens (including phenoxy) is 2. The van der Waals surface area contributed by atoms with E-state index in [1.807, 2.05) is 36.4 Å². The molecular weight excluding hydrogens is 448 g/mol. The lowest BCUT2D eigenvalue weighted by atomic mass is 9.98. The molecule has 0 unspecified atom stereocenters. The first-order valence-electron chi connectivity index (χ1n) is 11.9. The van der Waals surface area contributed by atoms with Crippen molar-refractivity contribution in [2.75, 3.05) is 6.61 Å². The number of alkyl carbamates (subject to hydrolysis) is 1. The summed E-state index contributed by atoms with van der Waals surface area (Å²) < 4.78 is 11.4. The number of aliphatic carboxylic acids is 1. The summed E-state index contributed by atoms with van der Waals surface area (Å²) in [5.74, 6) is -2.08. The highest BCUT2D eigenvalue weighted by atomic mass is 16.6. The van der Waals surface area contributed by atoms with Crippen LogP contribution in [0.4, 0.5) is 4.79 Å². The minimum atomic E-state index is -1.15. The Morgan fingerprint density at radius 1 is 1.06 bits per heavy atom. The molecule has 2 aliphatic rings. The topological polar surface area (TPSA) is 105 Å². The molecular formula is C27H32N2O6. The Labute approximate surface area is 205 Å². The van der Waals surface area contributed by atoms with Gasteiger partial charge in [-0.15, -0.1) is 0 Å². The second kappa shape index (κ2) is 9.34. The number of nitrogens with one attached hydrogen (secondary N) is 1. The van der Waals surface area contributed by atoms with Crippen LogP contribution in [0.2, 0.25) is 0 Å². The maximum Gasteiger partial charge on any atom is 0.407 e. The number of hydrogen-bond donors (Lipinski definition) is 2. The first-order chi connectivity index (χ1) is 16.5. The number of rotatable bonds is 6. The number of carbonyl (C=O) groups is 3. The minimum Gasteiger partial charge on any atom is -0.480 e. The molecule has 0 radical (unpaired) electrons. The molecule has 2 amide bonds. The van der Waals surface area contributed by atoms with E-state index < -0.39 is 41.9 Å². The van der Waals surface area contributed by atoms with Gasteiger partial charge in [-0.1, -0.05) is 62.4 Å². The molecule has 1 heterocycles. The average molecular weight is 481 g/mol. The van der Waals surface area contributed by atoms with E-state index in [1.54, 1.807) is 34.6 Å². The number of carboxylic acids is 1. The van der Waals surface area contributed by atoms with Gasteiger partial charge in [0.1, 0.15) is 18.4 Å². The maximum absolute atomic E-state index is 13.5. The van der Waals surface area contributed by atoms with E-state index in [-0.39, 0.29) is 18.4 Å². The second-order valence-corrected chi connectivity index (χ2v) is 9.95. The molecule has 8 heteroatoms. The van der Waals surface area contributed by atoms with Gasteiger partial charge in [-0.05, 0) is 48.9 Å². The second-order valence-electron chi connectivity index (χ2n) is 9.95. The molecule has 1 fully saturated rings. The maximum atomic E-state index is 13.5. The molecule has 2 N–H and O–H groups in total. The van der Waals surface area contributed by atoms with Crippen LogP contribution >= 0.6 is 0 Å². The lowest BCUT2D eigenvalue weighted by molar-refractivity contribution is -0.157. The van der Waals surface area contributed by atoms with Gasteiger partial charge in [-0.25, -0.2) is 9.59 Å². The Hall–Kier alpha value is -3.39. The number of fused-ring (bicyclic) bond motifs is 3. The van der Waals surface area contributed by atoms with Crippen molar-refractivity contribution in [3.05, 3.63) is 59.7 Å². The van der Waals surface area contributed by atoms with Crippen molar-refractivity contribution in [3.63, 3.8) is 0 Å². The van der Waals surface area contributed by atoms with E-state index in [0.717, 1.165) is 22.3 Å². The Morgan fingerprint density at radius 2 is 1.60 bits per heavy atom. The van der Waals surface area contributed by atoms with Crippen molar-refractivity contribution in [2.24, 2.45) is 5.92 Å². The van der Waals surface area contributed by atoms with Crippen molar-refractivity contribution < 1.29 is 29.0 Å². The Kier molecular flexibility index (Phi) is 6.60. The van der Waals surface area contributed by atoms with Gasteiger partial charge in [0.15, 0.2) is 6.04 Å². The largest absolute Gasteiger partial charge is 0.480 e. The summed E-state index contributed by atoms with van der Waals surface area (Å²) in [5, 5.41) is 12.4. The third kappa shape index (κ3) is 4.50. The van der Waals surface area contributed by atoms with Gasteiger partial charge in [0.2, 0.25) is 5.91 Å².